The van der Waals surface area contributed by atoms with Gasteiger partial charge in [-0.2, -0.15) is 0 Å². The first-order valence-electron chi connectivity index (χ1n) is 10.4. The topological polar surface area (TPSA) is 90.2 Å². The Hall–Kier alpha value is -2.64. The highest BCUT2D eigenvalue weighted by Crippen LogP contribution is 2.36. The molecule has 0 radical (unpaired) electrons. The lowest BCUT2D eigenvalue weighted by Gasteiger charge is -2.17. The van der Waals surface area contributed by atoms with Gasteiger partial charge in [-0.1, -0.05) is 56.3 Å². The molecule has 0 aromatic heterocycles. The van der Waals surface area contributed by atoms with E-state index >= 15 is 0 Å². The molecular formula is C24H30N2O4S. The van der Waals surface area contributed by atoms with Crippen LogP contribution in [-0.2, 0) is 15.3 Å². The van der Waals surface area contributed by atoms with Gasteiger partial charge < -0.3 is 15.1 Å². The molecule has 0 saturated heterocycles. The summed E-state index contributed by atoms with van der Waals surface area (Å²) in [5, 5.41) is 14.8. The Morgan fingerprint density at radius 2 is 1.65 bits per heavy atom. The number of fused-ring (bicyclic) bond motifs is 2. The number of carboxylic acid groups (broad SMARTS) is 2. The fourth-order valence-corrected chi connectivity index (χ4v) is 4.57. The summed E-state index contributed by atoms with van der Waals surface area (Å²) in [6.07, 6.45) is 1.11. The summed E-state index contributed by atoms with van der Waals surface area (Å²) in [6, 6.07) is 15.4. The predicted octanol–water partition coefficient (Wildman–Crippen LogP) is 4.33. The van der Waals surface area contributed by atoms with E-state index in [1.165, 1.54) is 32.9 Å². The Bertz CT molecular complexity index is 927. The van der Waals surface area contributed by atoms with Crippen LogP contribution in [0.5, 0.6) is 0 Å². The van der Waals surface area contributed by atoms with Crippen molar-refractivity contribution in [2.45, 2.75) is 37.8 Å². The van der Waals surface area contributed by atoms with Crippen LogP contribution in [0, 0.1) is 6.92 Å². The average molecular weight is 443 g/mol. The van der Waals surface area contributed by atoms with Gasteiger partial charge in [-0.25, -0.2) is 9.59 Å². The first-order chi connectivity index (χ1) is 14.9. The summed E-state index contributed by atoms with van der Waals surface area (Å²) >= 11 is 1.94. The lowest BCUT2D eigenvalue weighted by atomic mass is 9.97. The molecule has 3 rings (SSSR count). The Labute approximate surface area is 188 Å². The van der Waals surface area contributed by atoms with Gasteiger partial charge in [0.25, 0.3) is 0 Å². The van der Waals surface area contributed by atoms with Gasteiger partial charge in [0, 0.05) is 28.3 Å². The van der Waals surface area contributed by atoms with Crippen molar-refractivity contribution in [1.29, 1.82) is 0 Å². The summed E-state index contributed by atoms with van der Waals surface area (Å²) in [4.78, 5) is 27.1. The van der Waals surface area contributed by atoms with E-state index in [9.17, 15) is 0 Å². The number of aryl methyl sites for hydroxylation is 1. The Morgan fingerprint density at radius 3 is 2.29 bits per heavy atom. The van der Waals surface area contributed by atoms with Crippen LogP contribution in [0.15, 0.2) is 52.4 Å². The van der Waals surface area contributed by atoms with Crippen molar-refractivity contribution in [2.24, 2.45) is 4.99 Å². The Morgan fingerprint density at radius 1 is 1.00 bits per heavy atom. The van der Waals surface area contributed by atoms with Gasteiger partial charge in [0.15, 0.2) is 0 Å². The maximum Gasteiger partial charge on any atom is 0.414 e. The fraction of sp³-hybridized carbons (Fsp3) is 0.375. The van der Waals surface area contributed by atoms with Crippen molar-refractivity contribution < 1.29 is 19.8 Å². The van der Waals surface area contributed by atoms with E-state index in [4.69, 9.17) is 24.8 Å². The number of thioether (sulfide) groups is 1. The number of hydrogen-bond donors (Lipinski definition) is 2. The number of carbonyl (C=O) groups is 2. The maximum atomic E-state index is 9.10. The first kappa shape index (κ1) is 24.6. The van der Waals surface area contributed by atoms with Gasteiger partial charge in [0.2, 0.25) is 0 Å². The smallest absolute Gasteiger partial charge is 0.414 e. The van der Waals surface area contributed by atoms with Crippen LogP contribution in [0.1, 0.15) is 42.5 Å². The van der Waals surface area contributed by atoms with E-state index in [1.54, 1.807) is 0 Å². The number of carboxylic acids is 2. The van der Waals surface area contributed by atoms with Gasteiger partial charge in [0.05, 0.1) is 5.71 Å². The van der Waals surface area contributed by atoms with Crippen LogP contribution in [0.3, 0.4) is 0 Å². The second kappa shape index (κ2) is 12.3. The third-order valence-corrected chi connectivity index (χ3v) is 6.38. The highest BCUT2D eigenvalue weighted by atomic mass is 32.2. The minimum Gasteiger partial charge on any atom is -0.473 e. The van der Waals surface area contributed by atoms with Crippen molar-refractivity contribution in [3.05, 3.63) is 64.7 Å². The molecule has 0 bridgehead atoms. The number of rotatable bonds is 6. The normalized spacial score (nSPS) is 13.6. The van der Waals surface area contributed by atoms with Crippen LogP contribution in [0.2, 0.25) is 0 Å². The molecule has 0 aliphatic carbocycles. The monoisotopic (exact) mass is 442 g/mol. The first-order valence-corrected chi connectivity index (χ1v) is 11.4. The third-order valence-electron chi connectivity index (χ3n) is 5.09. The SMILES string of the molecule is CCN(CC)CCC/N=C1/c2ccccc2CSc2c(C)cccc21.O=C(O)C(=O)O. The third kappa shape index (κ3) is 6.94. The molecule has 2 N–H and O–H groups in total. The van der Waals surface area contributed by atoms with E-state index in [-0.39, 0.29) is 0 Å². The molecular weight excluding hydrogens is 412 g/mol. The summed E-state index contributed by atoms with van der Waals surface area (Å²) in [5.74, 6) is -2.63. The van der Waals surface area contributed by atoms with Gasteiger partial charge in [-0.3, -0.25) is 4.99 Å². The molecule has 2 aromatic rings. The highest BCUT2D eigenvalue weighted by molar-refractivity contribution is 7.98. The lowest BCUT2D eigenvalue weighted by molar-refractivity contribution is -0.159. The standard InChI is InChI=1S/C22H28N2S.C2H2O4/c1-4-24(5-2)15-9-14-23-21-19-12-7-6-11-18(19)16-25-22-17(3)10-8-13-20(21)22;3-1(4)2(5)6/h6-8,10-13H,4-5,9,14-16H2,1-3H3;(H,3,4)(H,5,6)/b23-21-;. The quantitative estimate of drug-likeness (QED) is 0.511. The number of nitrogens with zero attached hydrogens (tertiary/aromatic N) is 2. The number of aliphatic carboxylic acids is 2. The largest absolute Gasteiger partial charge is 0.473 e. The average Bonchev–Trinajstić information content (AvgIpc) is 2.92. The summed E-state index contributed by atoms with van der Waals surface area (Å²) < 4.78 is 0. The van der Waals surface area contributed by atoms with Crippen LogP contribution < -0.4 is 0 Å². The number of benzene rings is 2. The fourth-order valence-electron chi connectivity index (χ4n) is 3.40. The van der Waals surface area contributed by atoms with E-state index in [0.29, 0.717) is 0 Å². The molecule has 0 spiro atoms. The Balaban J connectivity index is 0.000000501. The molecule has 2 aromatic carbocycles. The number of aliphatic imine (C=N–C) groups is 1. The predicted molar refractivity (Wildman–Crippen MR) is 125 cm³/mol. The van der Waals surface area contributed by atoms with Crippen molar-refractivity contribution in [1.82, 2.24) is 4.90 Å². The molecule has 7 heteroatoms. The van der Waals surface area contributed by atoms with Crippen molar-refractivity contribution in [3.63, 3.8) is 0 Å². The van der Waals surface area contributed by atoms with Crippen molar-refractivity contribution >= 4 is 29.4 Å². The zero-order valence-corrected chi connectivity index (χ0v) is 19.1. The van der Waals surface area contributed by atoms with E-state index < -0.39 is 11.9 Å². The molecule has 0 amide bonds. The van der Waals surface area contributed by atoms with E-state index in [1.807, 2.05) is 11.8 Å². The minimum atomic E-state index is -1.82. The molecule has 0 saturated carbocycles. The van der Waals surface area contributed by atoms with Gasteiger partial charge in [-0.15, -0.1) is 11.8 Å². The molecule has 0 fully saturated rings. The Kier molecular flexibility index (Phi) is 9.75. The van der Waals surface area contributed by atoms with Crippen LogP contribution >= 0.6 is 11.8 Å². The van der Waals surface area contributed by atoms with Crippen LogP contribution in [0.4, 0.5) is 0 Å². The molecule has 0 unspecified atom stereocenters. The maximum absolute atomic E-state index is 9.10. The molecule has 31 heavy (non-hydrogen) atoms. The van der Waals surface area contributed by atoms with E-state index in [0.717, 1.165) is 38.4 Å². The van der Waals surface area contributed by atoms with Crippen molar-refractivity contribution in [2.75, 3.05) is 26.2 Å². The van der Waals surface area contributed by atoms with Crippen LogP contribution in [0.25, 0.3) is 0 Å². The van der Waals surface area contributed by atoms with Crippen molar-refractivity contribution in [3.8, 4) is 0 Å². The van der Waals surface area contributed by atoms with Gasteiger partial charge >= 0.3 is 11.9 Å². The summed E-state index contributed by atoms with van der Waals surface area (Å²) in [7, 11) is 0. The van der Waals surface area contributed by atoms with E-state index in [2.05, 4.69) is 68.1 Å². The van der Waals surface area contributed by atoms with Gasteiger partial charge in [-0.05, 0) is 44.1 Å². The molecule has 0 atom stereocenters. The lowest BCUT2D eigenvalue weighted by Crippen LogP contribution is -2.24. The second-order valence-corrected chi connectivity index (χ2v) is 8.10. The summed E-state index contributed by atoms with van der Waals surface area (Å²) in [6.45, 7) is 10.9. The molecule has 1 heterocycles. The zero-order chi connectivity index (χ0) is 22.8. The number of hydrogen-bond acceptors (Lipinski definition) is 5. The summed E-state index contributed by atoms with van der Waals surface area (Å²) in [5.41, 5.74) is 6.54. The molecule has 6 nitrogen and oxygen atoms in total. The molecule has 1 aliphatic heterocycles. The van der Waals surface area contributed by atoms with Gasteiger partial charge in [0.1, 0.15) is 0 Å². The highest BCUT2D eigenvalue weighted by Gasteiger charge is 2.20. The zero-order valence-electron chi connectivity index (χ0n) is 18.3. The molecule has 1 aliphatic rings. The minimum absolute atomic E-state index is 0.887. The van der Waals surface area contributed by atoms with Crippen LogP contribution in [-0.4, -0.2) is 58.9 Å². The molecule has 166 valence electrons. The second-order valence-electron chi connectivity index (χ2n) is 7.12.